The zero-order valence-corrected chi connectivity index (χ0v) is 19.2. The zero-order chi connectivity index (χ0) is 16.7. The van der Waals surface area contributed by atoms with Crippen LogP contribution in [0.1, 0.15) is 96.8 Å². The van der Waals surface area contributed by atoms with Crippen LogP contribution in [-0.2, 0) is 10.1 Å². The zero-order valence-electron chi connectivity index (χ0n) is 15.3. The van der Waals surface area contributed by atoms with Gasteiger partial charge in [0.05, 0.1) is 10.1 Å². The van der Waals surface area contributed by atoms with Gasteiger partial charge in [-0.15, -0.1) is 0 Å². The van der Waals surface area contributed by atoms with Crippen molar-refractivity contribution in [3.05, 3.63) is 0 Å². The molecule has 134 valence electrons. The van der Waals surface area contributed by atoms with Crippen LogP contribution in [-0.4, -0.2) is 29.9 Å². The average Bonchev–Trinajstić information content (AvgIpc) is 2.46. The standard InChI is InChI=1S/C17H36O4S.K/c1-2-3-4-11-14-17(22(19,20)21)15-12-9-7-5-6-8-10-13-16-18;/h17-18H,2-16H2,1H3,(H,19,20,21);/q;+1/p-1. The van der Waals surface area contributed by atoms with Crippen molar-refractivity contribution in [3.63, 3.8) is 0 Å². The molecule has 0 rings (SSSR count). The van der Waals surface area contributed by atoms with Crippen molar-refractivity contribution in [1.82, 2.24) is 0 Å². The maximum atomic E-state index is 11.3. The molecule has 0 aromatic heterocycles. The molecule has 0 radical (unpaired) electrons. The second-order valence-electron chi connectivity index (χ2n) is 6.30. The van der Waals surface area contributed by atoms with Crippen LogP contribution in [0, 0.1) is 0 Å². The van der Waals surface area contributed by atoms with E-state index in [0.717, 1.165) is 70.6 Å². The van der Waals surface area contributed by atoms with Crippen LogP contribution in [0.5, 0.6) is 0 Å². The fraction of sp³-hybridized carbons (Fsp3) is 1.00. The third-order valence-corrected chi connectivity index (χ3v) is 5.51. The minimum Gasteiger partial charge on any atom is -0.748 e. The van der Waals surface area contributed by atoms with Crippen LogP contribution in [0.15, 0.2) is 0 Å². The third kappa shape index (κ3) is 18.1. The van der Waals surface area contributed by atoms with Gasteiger partial charge in [0.25, 0.3) is 0 Å². The van der Waals surface area contributed by atoms with Gasteiger partial charge in [0.1, 0.15) is 0 Å². The van der Waals surface area contributed by atoms with Gasteiger partial charge in [-0.2, -0.15) is 0 Å². The monoisotopic (exact) mass is 374 g/mol. The number of aliphatic hydroxyl groups excluding tert-OH is 1. The summed E-state index contributed by atoms with van der Waals surface area (Å²) in [4.78, 5) is 0. The van der Waals surface area contributed by atoms with Gasteiger partial charge >= 0.3 is 51.4 Å². The van der Waals surface area contributed by atoms with E-state index >= 15 is 0 Å². The Morgan fingerprint density at radius 1 is 0.783 bits per heavy atom. The molecule has 23 heavy (non-hydrogen) atoms. The van der Waals surface area contributed by atoms with E-state index in [1.54, 1.807) is 0 Å². The first kappa shape index (κ1) is 26.7. The van der Waals surface area contributed by atoms with Gasteiger partial charge < -0.3 is 9.66 Å². The van der Waals surface area contributed by atoms with E-state index in [1.165, 1.54) is 6.42 Å². The Morgan fingerprint density at radius 3 is 1.57 bits per heavy atom. The van der Waals surface area contributed by atoms with Gasteiger partial charge in [-0.25, -0.2) is 8.42 Å². The first-order valence-electron chi connectivity index (χ1n) is 9.08. The van der Waals surface area contributed by atoms with Crippen molar-refractivity contribution in [2.45, 2.75) is 102 Å². The molecule has 0 spiro atoms. The number of rotatable bonds is 16. The van der Waals surface area contributed by atoms with E-state index in [1.807, 2.05) is 0 Å². The Bertz CT molecular complexity index is 333. The molecule has 0 aromatic carbocycles. The van der Waals surface area contributed by atoms with Crippen LogP contribution in [0.2, 0.25) is 0 Å². The molecule has 0 aliphatic heterocycles. The molecule has 0 aliphatic rings. The Morgan fingerprint density at radius 2 is 1.17 bits per heavy atom. The molecule has 0 heterocycles. The molecule has 0 aromatic rings. The SMILES string of the molecule is CCCCCCC(CCCCCCCCCCO)S(=O)(=O)[O-].[K+]. The van der Waals surface area contributed by atoms with Gasteiger partial charge in [-0.05, 0) is 19.3 Å². The molecule has 1 atom stereocenters. The summed E-state index contributed by atoms with van der Waals surface area (Å²) >= 11 is 0. The maximum absolute atomic E-state index is 11.3. The smallest absolute Gasteiger partial charge is 0.748 e. The molecule has 0 bridgehead atoms. The molecule has 0 aliphatic carbocycles. The van der Waals surface area contributed by atoms with Crippen molar-refractivity contribution in [2.24, 2.45) is 0 Å². The van der Waals surface area contributed by atoms with Gasteiger partial charge in [0.15, 0.2) is 0 Å². The van der Waals surface area contributed by atoms with Gasteiger partial charge in [-0.1, -0.05) is 77.6 Å². The van der Waals surface area contributed by atoms with E-state index < -0.39 is 15.4 Å². The average molecular weight is 375 g/mol. The largest absolute Gasteiger partial charge is 1.00 e. The summed E-state index contributed by atoms with van der Waals surface area (Å²) in [5.74, 6) is 0. The predicted octanol–water partition coefficient (Wildman–Crippen LogP) is 1.38. The number of aliphatic hydroxyl groups is 1. The van der Waals surface area contributed by atoms with Crippen LogP contribution in [0.3, 0.4) is 0 Å². The third-order valence-electron chi connectivity index (χ3n) is 4.22. The van der Waals surface area contributed by atoms with Crippen molar-refractivity contribution >= 4 is 10.1 Å². The summed E-state index contributed by atoms with van der Waals surface area (Å²) in [5.41, 5.74) is 0. The normalized spacial score (nSPS) is 12.8. The first-order valence-corrected chi connectivity index (χ1v) is 10.5. The van der Waals surface area contributed by atoms with E-state index in [9.17, 15) is 13.0 Å². The van der Waals surface area contributed by atoms with E-state index in [2.05, 4.69) is 6.92 Å². The fourth-order valence-corrected chi connectivity index (χ4v) is 3.69. The first-order chi connectivity index (χ1) is 10.5. The Labute approximate surface area is 186 Å². The summed E-state index contributed by atoms with van der Waals surface area (Å²) in [5, 5.41) is 8.00. The van der Waals surface area contributed by atoms with Gasteiger partial charge in [0.2, 0.25) is 0 Å². The van der Waals surface area contributed by atoms with Gasteiger partial charge in [-0.3, -0.25) is 0 Å². The molecule has 1 unspecified atom stereocenters. The van der Waals surface area contributed by atoms with Crippen molar-refractivity contribution in [1.29, 1.82) is 0 Å². The Balaban J connectivity index is 0. The van der Waals surface area contributed by atoms with Crippen molar-refractivity contribution < 1.29 is 69.5 Å². The molecular weight excluding hydrogens is 339 g/mol. The van der Waals surface area contributed by atoms with Crippen LogP contribution < -0.4 is 51.4 Å². The topological polar surface area (TPSA) is 77.4 Å². The van der Waals surface area contributed by atoms with E-state index in [0.29, 0.717) is 12.8 Å². The summed E-state index contributed by atoms with van der Waals surface area (Å²) in [6, 6.07) is 0. The van der Waals surface area contributed by atoms with E-state index in [4.69, 9.17) is 5.11 Å². The Kier molecular flexibility index (Phi) is 21.3. The molecule has 0 fully saturated rings. The molecular formula is C17H35KO4S. The van der Waals surface area contributed by atoms with Crippen molar-refractivity contribution in [3.8, 4) is 0 Å². The summed E-state index contributed by atoms with van der Waals surface area (Å²) in [6.07, 6.45) is 13.6. The van der Waals surface area contributed by atoms with Crippen LogP contribution >= 0.6 is 0 Å². The minimum atomic E-state index is -4.13. The molecule has 0 amide bonds. The van der Waals surface area contributed by atoms with E-state index in [-0.39, 0.29) is 58.0 Å². The molecule has 6 heteroatoms. The molecule has 0 saturated carbocycles. The summed E-state index contributed by atoms with van der Waals surface area (Å²) in [7, 11) is -4.13. The number of unbranched alkanes of at least 4 members (excludes halogenated alkanes) is 10. The summed E-state index contributed by atoms with van der Waals surface area (Å²) < 4.78 is 33.9. The number of hydrogen-bond acceptors (Lipinski definition) is 4. The molecule has 1 N–H and O–H groups in total. The van der Waals surface area contributed by atoms with Crippen LogP contribution in [0.4, 0.5) is 0 Å². The number of hydrogen-bond donors (Lipinski definition) is 1. The second-order valence-corrected chi connectivity index (χ2v) is 7.96. The van der Waals surface area contributed by atoms with Gasteiger partial charge in [0, 0.05) is 11.9 Å². The summed E-state index contributed by atoms with van der Waals surface area (Å²) in [6.45, 7) is 2.40. The second kappa shape index (κ2) is 18.3. The fourth-order valence-electron chi connectivity index (χ4n) is 2.78. The predicted molar refractivity (Wildman–Crippen MR) is 90.9 cm³/mol. The molecule has 4 nitrogen and oxygen atoms in total. The minimum absolute atomic E-state index is 0. The quantitative estimate of drug-likeness (QED) is 0.251. The van der Waals surface area contributed by atoms with Crippen molar-refractivity contribution in [2.75, 3.05) is 6.61 Å². The Hall–Kier alpha value is 1.51. The molecule has 0 saturated heterocycles. The maximum Gasteiger partial charge on any atom is 1.00 e. The van der Waals surface area contributed by atoms with Crippen LogP contribution in [0.25, 0.3) is 0 Å².